The Morgan fingerprint density at radius 2 is 1.96 bits per heavy atom. The third-order valence-corrected chi connectivity index (χ3v) is 4.57. The van der Waals surface area contributed by atoms with Gasteiger partial charge in [0.05, 0.1) is 11.6 Å². The van der Waals surface area contributed by atoms with Gasteiger partial charge in [0, 0.05) is 18.7 Å². The maximum absolute atomic E-state index is 12.3. The molecule has 3 rings (SSSR count). The highest BCUT2D eigenvalue weighted by Gasteiger charge is 2.23. The Labute approximate surface area is 152 Å². The number of piperidine rings is 1. The Morgan fingerprint density at radius 3 is 2.62 bits per heavy atom. The van der Waals surface area contributed by atoms with Crippen molar-refractivity contribution in [3.05, 3.63) is 53.2 Å². The molecule has 7 nitrogen and oxygen atoms in total. The Hall–Kier alpha value is -2.80. The largest absolute Gasteiger partial charge is 0.369 e. The number of carbonyl (C=O) groups is 2. The van der Waals surface area contributed by atoms with Crippen LogP contribution in [-0.2, 0) is 11.3 Å². The van der Waals surface area contributed by atoms with Crippen LogP contribution in [0.4, 0.5) is 5.82 Å². The van der Waals surface area contributed by atoms with Crippen molar-refractivity contribution in [1.82, 2.24) is 15.1 Å². The van der Waals surface area contributed by atoms with Crippen LogP contribution < -0.4 is 11.1 Å². The molecule has 1 aromatic heterocycles. The van der Waals surface area contributed by atoms with E-state index in [1.807, 2.05) is 19.1 Å². The lowest BCUT2D eigenvalue weighted by molar-refractivity contribution is -0.123. The monoisotopic (exact) mass is 353 g/mol. The molecular weight excluding hydrogens is 330 g/mol. The predicted octanol–water partition coefficient (Wildman–Crippen LogP) is 1.73. The van der Waals surface area contributed by atoms with E-state index in [1.54, 1.807) is 24.3 Å². The molecule has 136 valence electrons. The van der Waals surface area contributed by atoms with Crippen LogP contribution >= 0.6 is 0 Å². The van der Waals surface area contributed by atoms with Crippen LogP contribution in [0.15, 0.2) is 36.4 Å². The summed E-state index contributed by atoms with van der Waals surface area (Å²) >= 11 is 0. The van der Waals surface area contributed by atoms with Crippen molar-refractivity contribution in [2.75, 3.05) is 18.4 Å². The average Bonchev–Trinajstić information content (AvgIpc) is 2.64. The first kappa shape index (κ1) is 18.0. The van der Waals surface area contributed by atoms with E-state index in [1.165, 1.54) is 0 Å². The molecule has 7 heteroatoms. The molecule has 2 aromatic rings. The summed E-state index contributed by atoms with van der Waals surface area (Å²) in [5.74, 6) is -0.0812. The van der Waals surface area contributed by atoms with Gasteiger partial charge in [0.1, 0.15) is 0 Å². The molecule has 1 saturated heterocycles. The van der Waals surface area contributed by atoms with Gasteiger partial charge >= 0.3 is 0 Å². The molecular formula is C19H23N5O2. The standard InChI is InChI=1S/C19H23N5O2/c1-13-4-9-17(23-22-13)21-19(26)15-7-5-14(6-8-15)11-24-10-2-3-16(12-24)18(20)25/h4-9,16H,2-3,10-12H2,1H3,(H2,20,25)(H,21,23,26)/t16-/m0/s1. The van der Waals surface area contributed by atoms with E-state index in [4.69, 9.17) is 5.73 Å². The van der Waals surface area contributed by atoms with Crippen LogP contribution in [0.1, 0.15) is 34.5 Å². The summed E-state index contributed by atoms with van der Waals surface area (Å²) in [6.07, 6.45) is 1.85. The summed E-state index contributed by atoms with van der Waals surface area (Å²) in [5, 5.41) is 10.6. The Kier molecular flexibility index (Phi) is 5.58. The summed E-state index contributed by atoms with van der Waals surface area (Å²) in [6, 6.07) is 11.0. The maximum Gasteiger partial charge on any atom is 0.256 e. The van der Waals surface area contributed by atoms with Crippen molar-refractivity contribution >= 4 is 17.6 Å². The van der Waals surface area contributed by atoms with E-state index < -0.39 is 0 Å². The van der Waals surface area contributed by atoms with Crippen LogP contribution in [0, 0.1) is 12.8 Å². The zero-order valence-electron chi connectivity index (χ0n) is 14.8. The summed E-state index contributed by atoms with van der Waals surface area (Å²) in [5.41, 5.74) is 7.88. The minimum absolute atomic E-state index is 0.0654. The van der Waals surface area contributed by atoms with E-state index in [-0.39, 0.29) is 17.7 Å². The number of benzene rings is 1. The first-order valence-corrected chi connectivity index (χ1v) is 8.73. The van der Waals surface area contributed by atoms with Gasteiger partial charge < -0.3 is 11.1 Å². The zero-order chi connectivity index (χ0) is 18.5. The lowest BCUT2D eigenvalue weighted by atomic mass is 9.97. The fourth-order valence-corrected chi connectivity index (χ4v) is 3.11. The minimum Gasteiger partial charge on any atom is -0.369 e. The van der Waals surface area contributed by atoms with Gasteiger partial charge in [-0.25, -0.2) is 0 Å². The summed E-state index contributed by atoms with van der Waals surface area (Å²) in [6.45, 7) is 4.24. The van der Waals surface area contributed by atoms with Gasteiger partial charge in [0.2, 0.25) is 5.91 Å². The second kappa shape index (κ2) is 8.05. The summed E-state index contributed by atoms with van der Waals surface area (Å²) in [7, 11) is 0. The Bertz CT molecular complexity index is 774. The lowest BCUT2D eigenvalue weighted by Gasteiger charge is -2.31. The van der Waals surface area contributed by atoms with E-state index in [9.17, 15) is 9.59 Å². The lowest BCUT2D eigenvalue weighted by Crippen LogP contribution is -2.40. The Balaban J connectivity index is 1.58. The minimum atomic E-state index is -0.221. The SMILES string of the molecule is Cc1ccc(NC(=O)c2ccc(CN3CCC[C@H](C(N)=O)C3)cc2)nn1. The topological polar surface area (TPSA) is 101 Å². The number of aromatic nitrogens is 2. The van der Waals surface area contributed by atoms with Crippen molar-refractivity contribution in [2.24, 2.45) is 11.7 Å². The molecule has 0 spiro atoms. The third-order valence-electron chi connectivity index (χ3n) is 4.57. The molecule has 0 saturated carbocycles. The molecule has 0 unspecified atom stereocenters. The molecule has 1 aliphatic heterocycles. The average molecular weight is 353 g/mol. The van der Waals surface area contributed by atoms with Crippen molar-refractivity contribution in [3.8, 4) is 0 Å². The summed E-state index contributed by atoms with van der Waals surface area (Å²) < 4.78 is 0. The van der Waals surface area contributed by atoms with Gasteiger partial charge in [-0.1, -0.05) is 12.1 Å². The number of nitrogens with two attached hydrogens (primary N) is 1. The normalized spacial score (nSPS) is 17.7. The molecule has 0 aliphatic carbocycles. The van der Waals surface area contributed by atoms with Gasteiger partial charge in [-0.05, 0) is 56.1 Å². The fraction of sp³-hybridized carbons (Fsp3) is 0.368. The molecule has 1 aliphatic rings. The predicted molar refractivity (Wildman–Crippen MR) is 98.4 cm³/mol. The van der Waals surface area contributed by atoms with Crippen molar-refractivity contribution in [1.29, 1.82) is 0 Å². The smallest absolute Gasteiger partial charge is 0.256 e. The summed E-state index contributed by atoms with van der Waals surface area (Å²) in [4.78, 5) is 25.9. The number of primary amides is 1. The van der Waals surface area contributed by atoms with E-state index in [0.29, 0.717) is 17.9 Å². The van der Waals surface area contributed by atoms with Crippen molar-refractivity contribution in [3.63, 3.8) is 0 Å². The zero-order valence-corrected chi connectivity index (χ0v) is 14.8. The number of anilines is 1. The van der Waals surface area contributed by atoms with Crippen molar-refractivity contribution < 1.29 is 9.59 Å². The first-order chi connectivity index (χ1) is 12.5. The number of amides is 2. The molecule has 0 radical (unpaired) electrons. The number of hydrogen-bond acceptors (Lipinski definition) is 5. The maximum atomic E-state index is 12.3. The second-order valence-electron chi connectivity index (χ2n) is 6.69. The number of carbonyl (C=O) groups excluding carboxylic acids is 2. The quantitative estimate of drug-likeness (QED) is 0.852. The van der Waals surface area contributed by atoms with Crippen LogP contribution in [-0.4, -0.2) is 40.0 Å². The number of rotatable bonds is 5. The number of nitrogens with one attached hydrogen (secondary N) is 1. The van der Waals surface area contributed by atoms with Gasteiger partial charge in [-0.2, -0.15) is 5.10 Å². The molecule has 26 heavy (non-hydrogen) atoms. The second-order valence-corrected chi connectivity index (χ2v) is 6.69. The highest BCUT2D eigenvalue weighted by molar-refractivity contribution is 6.03. The number of hydrogen-bond donors (Lipinski definition) is 2. The highest BCUT2D eigenvalue weighted by atomic mass is 16.2. The van der Waals surface area contributed by atoms with Crippen molar-refractivity contribution in [2.45, 2.75) is 26.3 Å². The van der Waals surface area contributed by atoms with Crippen LogP contribution in [0.3, 0.4) is 0 Å². The molecule has 1 aromatic carbocycles. The molecule has 1 fully saturated rings. The molecule has 2 amide bonds. The van der Waals surface area contributed by atoms with Gasteiger partial charge in [0.15, 0.2) is 5.82 Å². The molecule has 0 bridgehead atoms. The van der Waals surface area contributed by atoms with E-state index in [2.05, 4.69) is 20.4 Å². The van der Waals surface area contributed by atoms with Gasteiger partial charge in [0.25, 0.3) is 5.91 Å². The number of aryl methyl sites for hydroxylation is 1. The van der Waals surface area contributed by atoms with Crippen LogP contribution in [0.2, 0.25) is 0 Å². The van der Waals surface area contributed by atoms with E-state index in [0.717, 1.165) is 37.2 Å². The first-order valence-electron chi connectivity index (χ1n) is 8.73. The van der Waals surface area contributed by atoms with Crippen LogP contribution in [0.5, 0.6) is 0 Å². The van der Waals surface area contributed by atoms with E-state index >= 15 is 0 Å². The molecule has 3 N–H and O–H groups in total. The third kappa shape index (κ3) is 4.64. The van der Waals surface area contributed by atoms with Gasteiger partial charge in [-0.15, -0.1) is 5.10 Å². The Morgan fingerprint density at radius 1 is 1.19 bits per heavy atom. The van der Waals surface area contributed by atoms with Crippen LogP contribution in [0.25, 0.3) is 0 Å². The molecule has 1 atom stereocenters. The van der Waals surface area contributed by atoms with Gasteiger partial charge in [-0.3, -0.25) is 14.5 Å². The number of likely N-dealkylation sites (tertiary alicyclic amines) is 1. The molecule has 2 heterocycles. The fourth-order valence-electron chi connectivity index (χ4n) is 3.11. The number of nitrogens with zero attached hydrogens (tertiary/aromatic N) is 3. The highest BCUT2D eigenvalue weighted by Crippen LogP contribution is 2.18.